The normalized spacial score (nSPS) is 24.1. The largest absolute Gasteiger partial charge is 0.481 e. The lowest BCUT2D eigenvalue weighted by Crippen LogP contribution is -2.28. The fraction of sp³-hybridized carbons (Fsp3) is 0.211. The minimum Gasteiger partial charge on any atom is -0.481 e. The molecule has 1 fully saturated rings. The van der Waals surface area contributed by atoms with E-state index in [1.54, 1.807) is 12.1 Å². The van der Waals surface area contributed by atoms with Crippen molar-refractivity contribution in [1.29, 1.82) is 0 Å². The number of nitro benzene ring substituents is 1. The second-order valence-electron chi connectivity index (χ2n) is 6.49. The van der Waals surface area contributed by atoms with E-state index < -0.39 is 46.3 Å². The number of carboxylic acid groups (broad SMARTS) is 2. The highest BCUT2D eigenvalue weighted by molar-refractivity contribution is 6.30. The van der Waals surface area contributed by atoms with Crippen LogP contribution in [0.2, 0.25) is 5.02 Å². The minimum atomic E-state index is -1.58. The van der Waals surface area contributed by atoms with E-state index >= 15 is 0 Å². The lowest BCUT2D eigenvalue weighted by molar-refractivity contribution is -0.384. The molecule has 0 amide bonds. The zero-order valence-corrected chi connectivity index (χ0v) is 14.9. The molecular weight excluding hydrogens is 390 g/mol. The Hall–Kier alpha value is -3.26. The molecule has 0 aromatic heterocycles. The predicted octanol–water partition coefficient (Wildman–Crippen LogP) is 3.10. The van der Waals surface area contributed by atoms with Crippen molar-refractivity contribution in [1.82, 2.24) is 0 Å². The summed E-state index contributed by atoms with van der Waals surface area (Å²) in [6.07, 6.45) is 0. The first-order chi connectivity index (χ1) is 13.2. The van der Waals surface area contributed by atoms with Crippen LogP contribution in [0.25, 0.3) is 0 Å². The maximum absolute atomic E-state index is 12.7. The molecule has 9 heteroatoms. The van der Waals surface area contributed by atoms with Crippen LogP contribution in [-0.2, 0) is 14.4 Å². The molecule has 0 spiro atoms. The number of Topliss-reactive ketones (excluding diaryl/α,β-unsaturated/α-hetero) is 1. The summed E-state index contributed by atoms with van der Waals surface area (Å²) < 4.78 is 0. The molecule has 4 unspecified atom stereocenters. The molecule has 4 atom stereocenters. The molecule has 2 aromatic carbocycles. The van der Waals surface area contributed by atoms with Crippen LogP contribution in [-0.4, -0.2) is 32.9 Å². The third-order valence-electron chi connectivity index (χ3n) is 4.99. The zero-order chi connectivity index (χ0) is 20.6. The molecule has 0 heterocycles. The Bertz CT molecular complexity index is 955. The number of ketones is 1. The number of aliphatic carboxylic acids is 2. The highest BCUT2D eigenvalue weighted by Gasteiger charge is 2.57. The number of carbonyl (C=O) groups is 3. The van der Waals surface area contributed by atoms with Crippen LogP contribution in [0.1, 0.15) is 23.0 Å². The summed E-state index contributed by atoms with van der Waals surface area (Å²) in [6, 6.07) is 11.3. The molecule has 1 aliphatic rings. The Morgan fingerprint density at radius 2 is 1.25 bits per heavy atom. The number of carboxylic acids is 2. The van der Waals surface area contributed by atoms with Gasteiger partial charge in [-0.1, -0.05) is 35.9 Å². The summed E-state index contributed by atoms with van der Waals surface area (Å²) in [7, 11) is 0. The topological polar surface area (TPSA) is 135 Å². The van der Waals surface area contributed by atoms with Crippen molar-refractivity contribution in [3.63, 3.8) is 0 Å². The Labute approximate surface area is 163 Å². The minimum absolute atomic E-state index is 0.197. The number of rotatable bonds is 5. The van der Waals surface area contributed by atoms with Crippen molar-refractivity contribution >= 4 is 35.0 Å². The van der Waals surface area contributed by atoms with Gasteiger partial charge in [0.25, 0.3) is 5.69 Å². The molecule has 144 valence electrons. The molecule has 1 saturated carbocycles. The van der Waals surface area contributed by atoms with Gasteiger partial charge in [-0.25, -0.2) is 0 Å². The molecular formula is C19H14ClNO7. The average Bonchev–Trinajstić information content (AvgIpc) is 2.95. The van der Waals surface area contributed by atoms with Crippen molar-refractivity contribution in [3.05, 3.63) is 74.8 Å². The van der Waals surface area contributed by atoms with Gasteiger partial charge in [-0.15, -0.1) is 0 Å². The second-order valence-corrected chi connectivity index (χ2v) is 6.92. The Kier molecular flexibility index (Phi) is 5.15. The third kappa shape index (κ3) is 3.34. The Balaban J connectivity index is 2.18. The van der Waals surface area contributed by atoms with Gasteiger partial charge in [0.1, 0.15) is 11.8 Å². The van der Waals surface area contributed by atoms with Gasteiger partial charge in [0.15, 0.2) is 5.78 Å². The van der Waals surface area contributed by atoms with Crippen LogP contribution in [0, 0.1) is 22.0 Å². The summed E-state index contributed by atoms with van der Waals surface area (Å²) in [4.78, 5) is 46.6. The van der Waals surface area contributed by atoms with Gasteiger partial charge in [0.2, 0.25) is 0 Å². The number of benzene rings is 2. The number of nitrogens with zero attached hydrogens (tertiary/aromatic N) is 1. The zero-order valence-electron chi connectivity index (χ0n) is 14.2. The van der Waals surface area contributed by atoms with Gasteiger partial charge < -0.3 is 10.2 Å². The summed E-state index contributed by atoms with van der Waals surface area (Å²) >= 11 is 5.88. The van der Waals surface area contributed by atoms with Gasteiger partial charge in [-0.05, 0) is 23.3 Å². The van der Waals surface area contributed by atoms with Crippen LogP contribution < -0.4 is 0 Å². The van der Waals surface area contributed by atoms with Gasteiger partial charge >= 0.3 is 11.9 Å². The lowest BCUT2D eigenvalue weighted by atomic mass is 9.77. The number of non-ortho nitro benzene ring substituents is 1. The number of carbonyl (C=O) groups excluding carboxylic acids is 1. The summed E-state index contributed by atoms with van der Waals surface area (Å²) in [5.41, 5.74) is 0.602. The van der Waals surface area contributed by atoms with E-state index in [-0.39, 0.29) is 5.69 Å². The first-order valence-corrected chi connectivity index (χ1v) is 8.59. The Morgan fingerprint density at radius 3 is 1.61 bits per heavy atom. The van der Waals surface area contributed by atoms with Gasteiger partial charge in [-0.3, -0.25) is 24.5 Å². The van der Waals surface area contributed by atoms with Crippen LogP contribution in [0.5, 0.6) is 0 Å². The van der Waals surface area contributed by atoms with Crippen LogP contribution >= 0.6 is 11.6 Å². The van der Waals surface area contributed by atoms with E-state index in [1.807, 2.05) is 0 Å². The third-order valence-corrected chi connectivity index (χ3v) is 5.25. The van der Waals surface area contributed by atoms with E-state index in [0.29, 0.717) is 16.1 Å². The summed E-state index contributed by atoms with van der Waals surface area (Å²) in [5.74, 6) is -8.83. The highest BCUT2D eigenvalue weighted by Crippen LogP contribution is 2.51. The maximum atomic E-state index is 12.7. The van der Waals surface area contributed by atoms with Gasteiger partial charge in [0.05, 0.1) is 4.92 Å². The van der Waals surface area contributed by atoms with E-state index in [9.17, 15) is 34.7 Å². The van der Waals surface area contributed by atoms with E-state index in [1.165, 1.54) is 36.4 Å². The molecule has 0 aliphatic heterocycles. The second kappa shape index (κ2) is 7.40. The van der Waals surface area contributed by atoms with Crippen molar-refractivity contribution in [2.75, 3.05) is 0 Å². The fourth-order valence-corrected chi connectivity index (χ4v) is 3.94. The molecule has 2 N–H and O–H groups in total. The number of hydrogen-bond donors (Lipinski definition) is 2. The smallest absolute Gasteiger partial charge is 0.314 e. The molecule has 2 aromatic rings. The fourth-order valence-electron chi connectivity index (χ4n) is 3.82. The van der Waals surface area contributed by atoms with E-state index in [2.05, 4.69) is 0 Å². The molecule has 3 rings (SSSR count). The molecule has 0 radical (unpaired) electrons. The number of nitro groups is 1. The van der Waals surface area contributed by atoms with E-state index in [4.69, 9.17) is 11.6 Å². The van der Waals surface area contributed by atoms with E-state index in [0.717, 1.165) is 0 Å². The molecule has 0 bridgehead atoms. The van der Waals surface area contributed by atoms with Crippen LogP contribution in [0.15, 0.2) is 48.5 Å². The maximum Gasteiger partial charge on any atom is 0.314 e. The van der Waals surface area contributed by atoms with Gasteiger partial charge in [0, 0.05) is 29.0 Å². The summed E-state index contributed by atoms with van der Waals surface area (Å²) in [5, 5.41) is 30.5. The summed E-state index contributed by atoms with van der Waals surface area (Å²) in [6.45, 7) is 0. The van der Waals surface area contributed by atoms with Crippen LogP contribution in [0.3, 0.4) is 0 Å². The number of halogens is 1. The standard InChI is InChI=1S/C19H14ClNO7/c20-11-5-1-9(2-6-11)13-14(10-3-7-12(8-4-10)21(27)28)16(19(25)26)17(22)15(13)18(23)24/h1-8,13-16H,(H,23,24)(H,25,26). The first kappa shape index (κ1) is 19.5. The van der Waals surface area contributed by atoms with Crippen molar-refractivity contribution in [2.45, 2.75) is 11.8 Å². The molecule has 0 saturated heterocycles. The Morgan fingerprint density at radius 1 is 0.857 bits per heavy atom. The molecule has 28 heavy (non-hydrogen) atoms. The number of hydrogen-bond acceptors (Lipinski definition) is 5. The lowest BCUT2D eigenvalue weighted by Gasteiger charge is -2.24. The quantitative estimate of drug-likeness (QED) is 0.444. The highest BCUT2D eigenvalue weighted by atomic mass is 35.5. The van der Waals surface area contributed by atoms with Crippen molar-refractivity contribution in [2.24, 2.45) is 11.8 Å². The van der Waals surface area contributed by atoms with Crippen LogP contribution in [0.4, 0.5) is 5.69 Å². The monoisotopic (exact) mass is 403 g/mol. The van der Waals surface area contributed by atoms with Crippen molar-refractivity contribution < 1.29 is 29.5 Å². The predicted molar refractivity (Wildman–Crippen MR) is 97.3 cm³/mol. The van der Waals surface area contributed by atoms with Crippen molar-refractivity contribution in [3.8, 4) is 0 Å². The average molecular weight is 404 g/mol. The molecule has 1 aliphatic carbocycles. The first-order valence-electron chi connectivity index (χ1n) is 8.21. The SMILES string of the molecule is O=C(O)C1C(=O)C(C(=O)O)C(c2ccc([N+](=O)[O-])cc2)C1c1ccc(Cl)cc1. The molecule has 8 nitrogen and oxygen atoms in total. The van der Waals surface area contributed by atoms with Gasteiger partial charge in [-0.2, -0.15) is 0 Å².